The first-order valence-corrected chi connectivity index (χ1v) is 14.0. The molecule has 1 amide bonds. The van der Waals surface area contributed by atoms with E-state index in [0.717, 1.165) is 25.2 Å². The number of halogens is 1. The summed E-state index contributed by atoms with van der Waals surface area (Å²) in [5, 5.41) is 15.6. The average molecular weight is 559 g/mol. The maximum absolute atomic E-state index is 13.5. The highest BCUT2D eigenvalue weighted by Gasteiger charge is 2.18. The van der Waals surface area contributed by atoms with E-state index in [9.17, 15) is 14.0 Å². The lowest BCUT2D eigenvalue weighted by molar-refractivity contribution is 0.0499. The molecule has 0 saturated heterocycles. The molecule has 2 aromatic rings. The maximum Gasteiger partial charge on any atom is 0.407 e. The van der Waals surface area contributed by atoms with E-state index in [1.807, 2.05) is 41.5 Å². The third-order valence-corrected chi connectivity index (χ3v) is 5.17. The van der Waals surface area contributed by atoms with E-state index in [-0.39, 0.29) is 23.5 Å². The Hall–Kier alpha value is -3.47. The van der Waals surface area contributed by atoms with Crippen LogP contribution in [-0.4, -0.2) is 33.3 Å². The third-order valence-electron chi connectivity index (χ3n) is 5.17. The highest BCUT2D eigenvalue weighted by Crippen LogP contribution is 2.22. The zero-order valence-corrected chi connectivity index (χ0v) is 26.5. The minimum atomic E-state index is -0.583. The fourth-order valence-electron chi connectivity index (χ4n) is 3.30. The van der Waals surface area contributed by atoms with Gasteiger partial charge in [-0.3, -0.25) is 9.48 Å². The number of carbonyl (C=O) groups excluding carboxylic acids is 2. The Morgan fingerprint density at radius 3 is 2.20 bits per heavy atom. The van der Waals surface area contributed by atoms with Crippen LogP contribution in [0.15, 0.2) is 36.9 Å². The van der Waals surface area contributed by atoms with Crippen LogP contribution in [0.4, 0.5) is 9.18 Å². The molecule has 1 atom stereocenters. The molecule has 40 heavy (non-hydrogen) atoms. The summed E-state index contributed by atoms with van der Waals surface area (Å²) in [6.07, 6.45) is 5.82. The van der Waals surface area contributed by atoms with Crippen LogP contribution in [0.2, 0.25) is 0 Å². The van der Waals surface area contributed by atoms with E-state index in [1.165, 1.54) is 30.2 Å². The number of aromatic nitrogens is 2. The standard InChI is InChI=1S/C14H29NO2.C13H10FN3O.C3H6.C2H6/c1-7-12(10-8-9-11(2)3)15-13(16)17-14(4,5)6;1-8(18)12-6-13(17(2)16-12)9-3-4-10(7-15)11(14)5-9;1-3-2;1-2/h11-12H,7-10H2,1-6H3,(H,15,16);3-6H,1-2H3;3H,1H2,2H3;1-2H3. The molecule has 224 valence electrons. The van der Waals surface area contributed by atoms with Crippen molar-refractivity contribution in [2.45, 2.75) is 107 Å². The smallest absolute Gasteiger partial charge is 0.407 e. The van der Waals surface area contributed by atoms with Gasteiger partial charge in [0.1, 0.15) is 23.2 Å². The van der Waals surface area contributed by atoms with Crippen molar-refractivity contribution in [2.75, 3.05) is 0 Å². The van der Waals surface area contributed by atoms with Gasteiger partial charge in [-0.25, -0.2) is 9.18 Å². The first-order valence-electron chi connectivity index (χ1n) is 14.0. The Morgan fingerprint density at radius 1 is 1.23 bits per heavy atom. The number of nitriles is 1. The van der Waals surface area contributed by atoms with Crippen LogP contribution >= 0.6 is 0 Å². The predicted molar refractivity (Wildman–Crippen MR) is 163 cm³/mol. The summed E-state index contributed by atoms with van der Waals surface area (Å²) in [4.78, 5) is 22.8. The Labute approximate surface area is 241 Å². The highest BCUT2D eigenvalue weighted by molar-refractivity contribution is 5.93. The molecule has 0 bridgehead atoms. The van der Waals surface area contributed by atoms with E-state index < -0.39 is 11.4 Å². The number of amides is 1. The molecule has 1 aromatic carbocycles. The number of alkyl carbamates (subject to hydrolysis) is 1. The van der Waals surface area contributed by atoms with E-state index in [0.29, 0.717) is 17.0 Å². The molecule has 2 rings (SSSR count). The van der Waals surface area contributed by atoms with Crippen LogP contribution in [0.5, 0.6) is 0 Å². The van der Waals surface area contributed by atoms with E-state index >= 15 is 0 Å². The first kappa shape index (κ1) is 38.7. The number of allylic oxidation sites excluding steroid dienone is 1. The lowest BCUT2D eigenvalue weighted by atomic mass is 10.0. The first-order chi connectivity index (χ1) is 18.7. The van der Waals surface area contributed by atoms with Crippen molar-refractivity contribution in [1.29, 1.82) is 5.26 Å². The molecule has 1 aromatic heterocycles. The van der Waals surface area contributed by atoms with Crippen LogP contribution in [0.25, 0.3) is 11.3 Å². The predicted octanol–water partition coefficient (Wildman–Crippen LogP) is 8.63. The number of hydrogen-bond donors (Lipinski definition) is 1. The number of ketones is 1. The van der Waals surface area contributed by atoms with Gasteiger partial charge >= 0.3 is 6.09 Å². The Bertz CT molecular complexity index is 1080. The second kappa shape index (κ2) is 20.4. The molecule has 1 heterocycles. The minimum Gasteiger partial charge on any atom is -0.444 e. The molecular formula is C32H51FN4O3. The van der Waals surface area contributed by atoms with Crippen molar-refractivity contribution in [1.82, 2.24) is 15.1 Å². The Kier molecular flexibility index (Phi) is 19.8. The van der Waals surface area contributed by atoms with Crippen LogP contribution < -0.4 is 5.32 Å². The number of nitrogens with zero attached hydrogens (tertiary/aromatic N) is 3. The van der Waals surface area contributed by atoms with Gasteiger partial charge in [-0.2, -0.15) is 10.4 Å². The number of rotatable bonds is 8. The number of benzene rings is 1. The largest absolute Gasteiger partial charge is 0.444 e. The normalized spacial score (nSPS) is 10.8. The van der Waals surface area contributed by atoms with Gasteiger partial charge in [-0.05, 0) is 64.7 Å². The maximum atomic E-state index is 13.5. The van der Waals surface area contributed by atoms with Crippen LogP contribution in [0, 0.1) is 23.1 Å². The topological polar surface area (TPSA) is 97.0 Å². The molecule has 1 N–H and O–H groups in total. The number of ether oxygens (including phenoxy) is 1. The van der Waals surface area contributed by atoms with Crippen molar-refractivity contribution >= 4 is 11.9 Å². The van der Waals surface area contributed by atoms with Crippen molar-refractivity contribution in [3.63, 3.8) is 0 Å². The average Bonchev–Trinajstić information content (AvgIpc) is 3.26. The summed E-state index contributed by atoms with van der Waals surface area (Å²) in [6, 6.07) is 7.90. The molecule has 8 heteroatoms. The fourth-order valence-corrected chi connectivity index (χ4v) is 3.30. The van der Waals surface area contributed by atoms with Crippen LogP contribution in [0.3, 0.4) is 0 Å². The highest BCUT2D eigenvalue weighted by atomic mass is 19.1. The summed E-state index contributed by atoms with van der Waals surface area (Å²) in [5.41, 5.74) is 1.11. The zero-order valence-electron chi connectivity index (χ0n) is 26.5. The van der Waals surface area contributed by atoms with Gasteiger partial charge in [0.05, 0.1) is 11.3 Å². The lowest BCUT2D eigenvalue weighted by Gasteiger charge is -2.23. The molecule has 1 unspecified atom stereocenters. The van der Waals surface area contributed by atoms with Crippen molar-refractivity contribution in [3.8, 4) is 17.3 Å². The summed E-state index contributed by atoms with van der Waals surface area (Å²) in [7, 11) is 1.68. The number of aryl methyl sites for hydroxylation is 1. The number of Topliss-reactive ketones (excluding diaryl/α,β-unsaturated/α-hetero) is 1. The van der Waals surface area contributed by atoms with Crippen LogP contribution in [-0.2, 0) is 11.8 Å². The molecule has 0 aliphatic rings. The van der Waals surface area contributed by atoms with Gasteiger partial charge in [0.2, 0.25) is 0 Å². The Morgan fingerprint density at radius 2 is 1.80 bits per heavy atom. The second-order valence-corrected chi connectivity index (χ2v) is 10.4. The monoisotopic (exact) mass is 558 g/mol. The fraction of sp³-hybridized carbons (Fsp3) is 0.562. The second-order valence-electron chi connectivity index (χ2n) is 10.4. The summed E-state index contributed by atoms with van der Waals surface area (Å²) < 4.78 is 20.3. The molecule has 7 nitrogen and oxygen atoms in total. The summed E-state index contributed by atoms with van der Waals surface area (Å²) in [6.45, 7) is 22.9. The lowest BCUT2D eigenvalue weighted by Crippen LogP contribution is -2.38. The molecular weight excluding hydrogens is 507 g/mol. The SMILES string of the molecule is C=CC.CC.CC(=O)c1cc(-c2ccc(C#N)c(F)c2)n(C)n1.CCC(CCCC(C)C)NC(=O)OC(C)(C)C. The molecule has 0 aliphatic heterocycles. The molecule has 0 saturated carbocycles. The Balaban J connectivity index is 0. The molecule has 0 radical (unpaired) electrons. The third kappa shape index (κ3) is 16.5. The van der Waals surface area contributed by atoms with Gasteiger partial charge in [0.25, 0.3) is 0 Å². The van der Waals surface area contributed by atoms with Gasteiger partial charge < -0.3 is 10.1 Å². The number of carbonyl (C=O) groups is 2. The minimum absolute atomic E-state index is 0.00675. The van der Waals surface area contributed by atoms with Crippen molar-refractivity contribution in [2.24, 2.45) is 13.0 Å². The van der Waals surface area contributed by atoms with Gasteiger partial charge in [0, 0.05) is 25.6 Å². The summed E-state index contributed by atoms with van der Waals surface area (Å²) in [5.74, 6) is 0.000532. The summed E-state index contributed by atoms with van der Waals surface area (Å²) >= 11 is 0. The number of hydrogen-bond acceptors (Lipinski definition) is 5. The van der Waals surface area contributed by atoms with Crippen molar-refractivity contribution in [3.05, 3.63) is 54.0 Å². The molecule has 0 fully saturated rings. The van der Waals surface area contributed by atoms with Crippen LogP contribution in [0.1, 0.15) is 111 Å². The van der Waals surface area contributed by atoms with E-state index in [2.05, 4.69) is 37.8 Å². The molecule has 0 spiro atoms. The van der Waals surface area contributed by atoms with Crippen molar-refractivity contribution < 1.29 is 18.7 Å². The van der Waals surface area contributed by atoms with Gasteiger partial charge in [-0.1, -0.05) is 59.6 Å². The van der Waals surface area contributed by atoms with Gasteiger partial charge in [0.15, 0.2) is 5.78 Å². The quantitative estimate of drug-likeness (QED) is 0.258. The zero-order chi connectivity index (χ0) is 31.5. The van der Waals surface area contributed by atoms with E-state index in [4.69, 9.17) is 10.00 Å². The van der Waals surface area contributed by atoms with Gasteiger partial charge in [-0.15, -0.1) is 6.58 Å². The molecule has 0 aliphatic carbocycles. The van der Waals surface area contributed by atoms with E-state index in [1.54, 1.807) is 31.3 Å². The number of nitrogens with one attached hydrogen (secondary N) is 1.